The van der Waals surface area contributed by atoms with E-state index in [1.807, 2.05) is 18.2 Å². The number of para-hydroxylation sites is 1. The van der Waals surface area contributed by atoms with Gasteiger partial charge in [0, 0.05) is 36.7 Å². The monoisotopic (exact) mass is 269 g/mol. The zero-order chi connectivity index (χ0) is 12.8. The summed E-state index contributed by atoms with van der Waals surface area (Å²) in [5, 5.41) is 3.58. The molecule has 1 aromatic carbocycles. The van der Waals surface area contributed by atoms with Crippen molar-refractivity contribution < 1.29 is 9.47 Å². The fraction of sp³-hybridized carbons (Fsp3) is 0.571. The van der Waals surface area contributed by atoms with Gasteiger partial charge in [-0.05, 0) is 18.9 Å². The number of alkyl halides is 1. The fourth-order valence-corrected chi connectivity index (χ4v) is 2.61. The highest BCUT2D eigenvalue weighted by atomic mass is 35.5. The first-order chi connectivity index (χ1) is 8.79. The van der Waals surface area contributed by atoms with Crippen LogP contribution >= 0.6 is 11.6 Å². The van der Waals surface area contributed by atoms with E-state index >= 15 is 0 Å². The van der Waals surface area contributed by atoms with Gasteiger partial charge in [0.25, 0.3) is 0 Å². The molecule has 0 spiro atoms. The molecule has 0 unspecified atom stereocenters. The summed E-state index contributed by atoms with van der Waals surface area (Å²) < 4.78 is 10.8. The van der Waals surface area contributed by atoms with E-state index in [2.05, 4.69) is 11.4 Å². The highest BCUT2D eigenvalue weighted by Crippen LogP contribution is 2.24. The van der Waals surface area contributed by atoms with Gasteiger partial charge in [-0.2, -0.15) is 0 Å². The van der Waals surface area contributed by atoms with Gasteiger partial charge in [-0.1, -0.05) is 18.2 Å². The smallest absolute Gasteiger partial charge is 0.123 e. The molecule has 2 rings (SSSR count). The lowest BCUT2D eigenvalue weighted by Gasteiger charge is -2.36. The SMILES string of the molecule is COc1ccccc1CNC1(CCl)CCOCC1. The lowest BCUT2D eigenvalue weighted by atomic mass is 9.92. The molecule has 1 fully saturated rings. The molecule has 0 atom stereocenters. The van der Waals surface area contributed by atoms with Crippen LogP contribution in [0.5, 0.6) is 5.75 Å². The van der Waals surface area contributed by atoms with Crippen LogP contribution in [0.4, 0.5) is 0 Å². The first-order valence-corrected chi connectivity index (χ1v) is 6.84. The van der Waals surface area contributed by atoms with Crippen molar-refractivity contribution in [2.75, 3.05) is 26.2 Å². The van der Waals surface area contributed by atoms with Crippen LogP contribution in [0, 0.1) is 0 Å². The molecule has 100 valence electrons. The van der Waals surface area contributed by atoms with E-state index in [4.69, 9.17) is 21.1 Å². The molecule has 1 aliphatic heterocycles. The standard InChI is InChI=1S/C14H20ClNO2/c1-17-13-5-3-2-4-12(13)10-16-14(11-15)6-8-18-9-7-14/h2-5,16H,6-11H2,1H3. The van der Waals surface area contributed by atoms with Crippen molar-refractivity contribution in [2.45, 2.75) is 24.9 Å². The summed E-state index contributed by atoms with van der Waals surface area (Å²) in [6, 6.07) is 8.06. The van der Waals surface area contributed by atoms with Crippen molar-refractivity contribution in [3.8, 4) is 5.75 Å². The highest BCUT2D eigenvalue weighted by Gasteiger charge is 2.31. The van der Waals surface area contributed by atoms with Crippen LogP contribution in [0.25, 0.3) is 0 Å². The third-order valence-electron chi connectivity index (χ3n) is 3.55. The average Bonchev–Trinajstić information content (AvgIpc) is 2.46. The average molecular weight is 270 g/mol. The van der Waals surface area contributed by atoms with Crippen LogP contribution in [0.1, 0.15) is 18.4 Å². The Balaban J connectivity index is 2.01. The van der Waals surface area contributed by atoms with Crippen molar-refractivity contribution >= 4 is 11.6 Å². The summed E-state index contributed by atoms with van der Waals surface area (Å²) in [6.07, 6.45) is 1.93. The van der Waals surface area contributed by atoms with Gasteiger partial charge in [0.1, 0.15) is 5.75 Å². The molecule has 1 saturated heterocycles. The first-order valence-electron chi connectivity index (χ1n) is 6.30. The van der Waals surface area contributed by atoms with E-state index in [1.54, 1.807) is 7.11 Å². The summed E-state index contributed by atoms with van der Waals surface area (Å²) in [4.78, 5) is 0. The van der Waals surface area contributed by atoms with Gasteiger partial charge in [0.2, 0.25) is 0 Å². The molecular formula is C14H20ClNO2. The Morgan fingerprint density at radius 2 is 2.06 bits per heavy atom. The number of nitrogens with one attached hydrogen (secondary N) is 1. The molecule has 1 aliphatic rings. The molecular weight excluding hydrogens is 250 g/mol. The fourth-order valence-electron chi connectivity index (χ4n) is 2.25. The number of benzene rings is 1. The molecule has 1 aromatic rings. The van der Waals surface area contributed by atoms with E-state index < -0.39 is 0 Å². The largest absolute Gasteiger partial charge is 0.496 e. The molecule has 4 heteroatoms. The van der Waals surface area contributed by atoms with Gasteiger partial charge < -0.3 is 14.8 Å². The Morgan fingerprint density at radius 1 is 1.33 bits per heavy atom. The Bertz CT molecular complexity index is 378. The van der Waals surface area contributed by atoms with Gasteiger partial charge in [-0.3, -0.25) is 0 Å². The van der Waals surface area contributed by atoms with E-state index in [0.29, 0.717) is 5.88 Å². The quantitative estimate of drug-likeness (QED) is 0.834. The van der Waals surface area contributed by atoms with E-state index in [0.717, 1.165) is 43.9 Å². The summed E-state index contributed by atoms with van der Waals surface area (Å²) in [6.45, 7) is 2.34. The molecule has 0 aromatic heterocycles. The zero-order valence-electron chi connectivity index (χ0n) is 10.7. The van der Waals surface area contributed by atoms with E-state index in [-0.39, 0.29) is 5.54 Å². The van der Waals surface area contributed by atoms with Crippen molar-refractivity contribution in [2.24, 2.45) is 0 Å². The van der Waals surface area contributed by atoms with Crippen molar-refractivity contribution in [3.05, 3.63) is 29.8 Å². The first kappa shape index (κ1) is 13.7. The Hall–Kier alpha value is -0.770. The van der Waals surface area contributed by atoms with Crippen molar-refractivity contribution in [1.82, 2.24) is 5.32 Å². The topological polar surface area (TPSA) is 30.5 Å². The lowest BCUT2D eigenvalue weighted by Crippen LogP contribution is -2.50. The number of rotatable bonds is 5. The summed E-state index contributed by atoms with van der Waals surface area (Å²) in [5.41, 5.74) is 1.16. The van der Waals surface area contributed by atoms with Crippen LogP contribution in [-0.2, 0) is 11.3 Å². The lowest BCUT2D eigenvalue weighted by molar-refractivity contribution is 0.0458. The van der Waals surface area contributed by atoms with Crippen molar-refractivity contribution in [3.63, 3.8) is 0 Å². The predicted octanol–water partition coefficient (Wildman–Crippen LogP) is 2.57. The van der Waals surface area contributed by atoms with Gasteiger partial charge in [-0.15, -0.1) is 11.6 Å². The predicted molar refractivity (Wildman–Crippen MR) is 73.3 cm³/mol. The van der Waals surface area contributed by atoms with Gasteiger partial charge in [-0.25, -0.2) is 0 Å². The number of ether oxygens (including phenoxy) is 2. The molecule has 18 heavy (non-hydrogen) atoms. The maximum absolute atomic E-state index is 6.13. The maximum Gasteiger partial charge on any atom is 0.123 e. The molecule has 3 nitrogen and oxygen atoms in total. The molecule has 0 bridgehead atoms. The van der Waals surface area contributed by atoms with E-state index in [1.165, 1.54) is 0 Å². The highest BCUT2D eigenvalue weighted by molar-refractivity contribution is 6.18. The number of hydrogen-bond donors (Lipinski definition) is 1. The Morgan fingerprint density at radius 3 is 2.72 bits per heavy atom. The third-order valence-corrected chi connectivity index (χ3v) is 4.06. The maximum atomic E-state index is 6.13. The molecule has 1 heterocycles. The molecule has 1 N–H and O–H groups in total. The molecule has 0 amide bonds. The third kappa shape index (κ3) is 3.16. The number of halogens is 1. The summed E-state index contributed by atoms with van der Waals surface area (Å²) in [5.74, 6) is 1.53. The molecule has 0 aliphatic carbocycles. The zero-order valence-corrected chi connectivity index (χ0v) is 11.5. The molecule has 0 saturated carbocycles. The summed E-state index contributed by atoms with van der Waals surface area (Å²) >= 11 is 6.13. The Labute approximate surface area is 113 Å². The van der Waals surface area contributed by atoms with E-state index in [9.17, 15) is 0 Å². The summed E-state index contributed by atoms with van der Waals surface area (Å²) in [7, 11) is 1.70. The minimum atomic E-state index is 0.000653. The Kier molecular flexibility index (Phi) is 4.87. The van der Waals surface area contributed by atoms with Gasteiger partial charge in [0.15, 0.2) is 0 Å². The molecule has 0 radical (unpaired) electrons. The second-order valence-electron chi connectivity index (χ2n) is 4.69. The van der Waals surface area contributed by atoms with Gasteiger partial charge in [0.05, 0.1) is 7.11 Å². The van der Waals surface area contributed by atoms with Crippen LogP contribution in [0.3, 0.4) is 0 Å². The number of hydrogen-bond acceptors (Lipinski definition) is 3. The minimum Gasteiger partial charge on any atom is -0.496 e. The van der Waals surface area contributed by atoms with Crippen LogP contribution < -0.4 is 10.1 Å². The van der Waals surface area contributed by atoms with Crippen LogP contribution in [0.15, 0.2) is 24.3 Å². The second-order valence-corrected chi connectivity index (χ2v) is 4.96. The van der Waals surface area contributed by atoms with Gasteiger partial charge >= 0.3 is 0 Å². The normalized spacial score (nSPS) is 18.6. The number of methoxy groups -OCH3 is 1. The van der Waals surface area contributed by atoms with Crippen LogP contribution in [-0.4, -0.2) is 31.7 Å². The second kappa shape index (κ2) is 6.41. The van der Waals surface area contributed by atoms with Crippen LogP contribution in [0.2, 0.25) is 0 Å². The minimum absolute atomic E-state index is 0.000653. The van der Waals surface area contributed by atoms with Crippen molar-refractivity contribution in [1.29, 1.82) is 0 Å².